The van der Waals surface area contributed by atoms with Gasteiger partial charge in [0.1, 0.15) is 0 Å². The zero-order chi connectivity index (χ0) is 36.7. The standard InChI is InChI=1S/C31H33N5O4.C7H8O3S.H2O/c1-34-15-17-36(18-16-34)20-27(37)35(2)24-12-10-23(11-13-24)32-29(21-7-5-4-6-8-21)28-25-14-9-22(31(39)40-3)19-26(25)33-30(28)38;1-6-2-4-7(5-3-6)11(8,9)10;/h4-14,19,32H,15-18,20H2,1-3H3,(H,33,38);2-5H,1H3,(H,8,9,10);1H2/b29-28-;;. The number of piperazine rings is 1. The highest BCUT2D eigenvalue weighted by atomic mass is 32.2. The second-order valence-electron chi connectivity index (χ2n) is 12.3. The number of carbonyl (C=O) groups excluding carboxylic acids is 3. The highest BCUT2D eigenvalue weighted by Crippen LogP contribution is 2.38. The number of likely N-dealkylation sites (N-methyl/N-ethyl adjacent to an activating group) is 2. The van der Waals surface area contributed by atoms with Gasteiger partial charge < -0.3 is 30.6 Å². The van der Waals surface area contributed by atoms with Gasteiger partial charge >= 0.3 is 5.97 Å². The highest BCUT2D eigenvalue weighted by Gasteiger charge is 2.29. The zero-order valence-electron chi connectivity index (χ0n) is 29.4. The number of carbonyl (C=O) groups is 3. The molecule has 0 saturated carbocycles. The average Bonchev–Trinajstić information content (AvgIpc) is 3.46. The van der Waals surface area contributed by atoms with Crippen LogP contribution < -0.4 is 15.5 Å². The van der Waals surface area contributed by atoms with Crippen LogP contribution in [0.3, 0.4) is 0 Å². The first-order valence-electron chi connectivity index (χ1n) is 16.3. The lowest BCUT2D eigenvalue weighted by molar-refractivity contribution is -0.119. The van der Waals surface area contributed by atoms with Gasteiger partial charge in [-0.3, -0.25) is 19.0 Å². The number of amides is 2. The molecule has 0 aromatic heterocycles. The lowest BCUT2D eigenvalue weighted by atomic mass is 9.99. The van der Waals surface area contributed by atoms with Gasteiger partial charge in [-0.2, -0.15) is 8.42 Å². The molecule has 1 fully saturated rings. The maximum Gasteiger partial charge on any atom is 0.337 e. The number of fused-ring (bicyclic) bond motifs is 1. The Morgan fingerprint density at radius 1 is 0.904 bits per heavy atom. The number of nitrogens with one attached hydrogen (secondary N) is 2. The van der Waals surface area contributed by atoms with Gasteiger partial charge in [-0.25, -0.2) is 4.79 Å². The number of ether oxygens (including phenoxy) is 1. The number of esters is 1. The number of hydrogen-bond donors (Lipinski definition) is 3. The number of aryl methyl sites for hydroxylation is 1. The Morgan fingerprint density at radius 2 is 1.54 bits per heavy atom. The first-order chi connectivity index (χ1) is 24.3. The fourth-order valence-electron chi connectivity index (χ4n) is 5.62. The molecule has 0 unspecified atom stereocenters. The SMILES string of the molecule is COC(=O)c1ccc2c(c1)NC(=O)/C2=C(\Nc1ccc(N(C)C(=O)CN2CCN(C)CC2)cc1)c1ccccc1.Cc1ccc(S(=O)(=O)O)cc1.O. The number of rotatable bonds is 8. The Kier molecular flexibility index (Phi) is 13.1. The van der Waals surface area contributed by atoms with E-state index in [2.05, 4.69) is 27.5 Å². The first-order valence-corrected chi connectivity index (χ1v) is 17.7. The van der Waals surface area contributed by atoms with Crippen LogP contribution in [-0.2, 0) is 24.4 Å². The Morgan fingerprint density at radius 3 is 2.13 bits per heavy atom. The molecule has 2 amide bonds. The Bertz CT molecular complexity index is 2030. The predicted molar refractivity (Wildman–Crippen MR) is 202 cm³/mol. The molecule has 274 valence electrons. The smallest absolute Gasteiger partial charge is 0.337 e. The normalized spacial score (nSPS) is 15.2. The van der Waals surface area contributed by atoms with E-state index in [1.165, 1.54) is 19.2 Å². The van der Waals surface area contributed by atoms with Crippen molar-refractivity contribution in [2.24, 2.45) is 0 Å². The number of methoxy groups -OCH3 is 1. The van der Waals surface area contributed by atoms with Crippen molar-refractivity contribution in [1.29, 1.82) is 0 Å². The van der Waals surface area contributed by atoms with Crippen LogP contribution in [0.1, 0.15) is 27.0 Å². The largest absolute Gasteiger partial charge is 0.465 e. The molecule has 0 bridgehead atoms. The minimum absolute atomic E-state index is 0. The average molecular weight is 730 g/mol. The molecule has 52 heavy (non-hydrogen) atoms. The fourth-order valence-corrected chi connectivity index (χ4v) is 6.10. The molecule has 6 rings (SSSR count). The summed E-state index contributed by atoms with van der Waals surface area (Å²) >= 11 is 0. The molecule has 2 aliphatic heterocycles. The lowest BCUT2D eigenvalue weighted by Crippen LogP contribution is -2.48. The van der Waals surface area contributed by atoms with E-state index < -0.39 is 16.1 Å². The van der Waals surface area contributed by atoms with E-state index in [0.29, 0.717) is 34.6 Å². The molecule has 0 radical (unpaired) electrons. The van der Waals surface area contributed by atoms with Gasteiger partial charge in [0.25, 0.3) is 16.0 Å². The monoisotopic (exact) mass is 729 g/mol. The minimum Gasteiger partial charge on any atom is -0.465 e. The summed E-state index contributed by atoms with van der Waals surface area (Å²) in [5.74, 6) is -0.694. The molecule has 14 heteroatoms. The van der Waals surface area contributed by atoms with Crippen molar-refractivity contribution in [2.45, 2.75) is 11.8 Å². The van der Waals surface area contributed by atoms with Crippen molar-refractivity contribution in [3.05, 3.63) is 119 Å². The molecule has 13 nitrogen and oxygen atoms in total. The van der Waals surface area contributed by atoms with Gasteiger partial charge in [-0.05, 0) is 68.1 Å². The van der Waals surface area contributed by atoms with E-state index in [1.54, 1.807) is 42.3 Å². The third kappa shape index (κ3) is 9.69. The van der Waals surface area contributed by atoms with Crippen LogP contribution in [0.5, 0.6) is 0 Å². The maximum absolute atomic E-state index is 13.2. The molecule has 1 saturated heterocycles. The molecule has 4 aromatic rings. The summed E-state index contributed by atoms with van der Waals surface area (Å²) in [6, 6.07) is 28.2. The Labute approximate surface area is 303 Å². The van der Waals surface area contributed by atoms with E-state index in [4.69, 9.17) is 9.29 Å². The minimum atomic E-state index is -4.02. The summed E-state index contributed by atoms with van der Waals surface area (Å²) < 4.78 is 34.4. The van der Waals surface area contributed by atoms with Crippen molar-refractivity contribution >= 4 is 56.2 Å². The number of nitrogens with zero attached hydrogens (tertiary/aromatic N) is 3. The van der Waals surface area contributed by atoms with Gasteiger partial charge in [-0.1, -0.05) is 54.1 Å². The van der Waals surface area contributed by atoms with Crippen LogP contribution in [0.2, 0.25) is 0 Å². The maximum atomic E-state index is 13.2. The molecule has 2 heterocycles. The third-order valence-corrected chi connectivity index (χ3v) is 9.54. The zero-order valence-corrected chi connectivity index (χ0v) is 30.2. The number of benzene rings is 4. The fraction of sp³-hybridized carbons (Fsp3) is 0.237. The van der Waals surface area contributed by atoms with Crippen molar-refractivity contribution in [3.63, 3.8) is 0 Å². The Hall–Kier alpha value is -5.38. The van der Waals surface area contributed by atoms with Gasteiger partial charge in [-0.15, -0.1) is 0 Å². The summed E-state index contributed by atoms with van der Waals surface area (Å²) in [6.45, 7) is 5.93. The van der Waals surface area contributed by atoms with E-state index in [0.717, 1.165) is 48.7 Å². The van der Waals surface area contributed by atoms with E-state index in [1.807, 2.05) is 61.5 Å². The van der Waals surface area contributed by atoms with Crippen molar-refractivity contribution in [3.8, 4) is 0 Å². The Balaban J connectivity index is 0.000000433. The van der Waals surface area contributed by atoms with E-state index in [9.17, 15) is 22.8 Å². The second kappa shape index (κ2) is 17.2. The number of hydrogen-bond acceptors (Lipinski definition) is 9. The summed E-state index contributed by atoms with van der Waals surface area (Å²) in [5, 5.41) is 6.31. The van der Waals surface area contributed by atoms with Gasteiger partial charge in [0.05, 0.1) is 41.1 Å². The number of anilines is 3. The third-order valence-electron chi connectivity index (χ3n) is 8.67. The molecule has 4 aromatic carbocycles. The van der Waals surface area contributed by atoms with Crippen LogP contribution in [0.15, 0.2) is 102 Å². The topological polar surface area (TPSA) is 180 Å². The highest BCUT2D eigenvalue weighted by molar-refractivity contribution is 7.85. The van der Waals surface area contributed by atoms with Gasteiger partial charge in [0.15, 0.2) is 0 Å². The molecule has 5 N–H and O–H groups in total. The molecule has 0 atom stereocenters. The first kappa shape index (κ1) is 39.4. The molecular weight excluding hydrogens is 687 g/mol. The van der Waals surface area contributed by atoms with Crippen LogP contribution in [0.25, 0.3) is 11.3 Å². The van der Waals surface area contributed by atoms with Crippen molar-refractivity contribution in [2.75, 3.05) is 69.5 Å². The quantitative estimate of drug-likeness (QED) is 0.136. The van der Waals surface area contributed by atoms with Crippen LogP contribution in [-0.4, -0.2) is 100.0 Å². The summed E-state index contributed by atoms with van der Waals surface area (Å²) in [5.41, 5.74) is 6.05. The summed E-state index contributed by atoms with van der Waals surface area (Å²) in [7, 11) is 1.19. The molecule has 0 aliphatic carbocycles. The molecular formula is C38H43N5O8S. The second-order valence-corrected chi connectivity index (χ2v) is 13.7. The van der Waals surface area contributed by atoms with E-state index in [-0.39, 0.29) is 22.2 Å². The van der Waals surface area contributed by atoms with E-state index >= 15 is 0 Å². The lowest BCUT2D eigenvalue weighted by Gasteiger charge is -2.32. The molecule has 2 aliphatic rings. The summed E-state index contributed by atoms with van der Waals surface area (Å²) in [4.78, 5) is 44.2. The predicted octanol–water partition coefficient (Wildman–Crippen LogP) is 4.03. The van der Waals surface area contributed by atoms with Gasteiger partial charge in [0.2, 0.25) is 5.91 Å². The van der Waals surface area contributed by atoms with Crippen LogP contribution in [0, 0.1) is 6.92 Å². The van der Waals surface area contributed by atoms with Crippen molar-refractivity contribution < 1.29 is 37.6 Å². The van der Waals surface area contributed by atoms with Gasteiger partial charge in [0, 0.05) is 50.2 Å². The van der Waals surface area contributed by atoms with Crippen LogP contribution in [0.4, 0.5) is 17.1 Å². The van der Waals surface area contributed by atoms with Crippen molar-refractivity contribution in [1.82, 2.24) is 9.80 Å². The van der Waals surface area contributed by atoms with Crippen LogP contribution >= 0.6 is 0 Å². The summed E-state index contributed by atoms with van der Waals surface area (Å²) in [6.07, 6.45) is 0. The molecule has 0 spiro atoms.